The number of nitrogens with zero attached hydrogens (tertiary/aromatic N) is 1. The van der Waals surface area contributed by atoms with E-state index in [4.69, 9.17) is 16.3 Å². The van der Waals surface area contributed by atoms with Gasteiger partial charge in [0.1, 0.15) is 10.8 Å². The number of imide groups is 1. The number of carbonyl (C=O) groups excluding carboxylic acids is 2. The highest BCUT2D eigenvalue weighted by atomic mass is 35.5. The molecule has 1 aliphatic heterocycles. The van der Waals surface area contributed by atoms with Gasteiger partial charge in [0, 0.05) is 0 Å². The fraction of sp³-hybridized carbons (Fsp3) is 0.200. The second-order valence-corrected chi connectivity index (χ2v) is 6.54. The molecule has 2 aromatic carbocycles. The fourth-order valence-corrected chi connectivity index (χ4v) is 3.00. The van der Waals surface area contributed by atoms with Crippen molar-refractivity contribution in [2.24, 2.45) is 0 Å². The average Bonchev–Trinajstić information content (AvgIpc) is 2.78. The molecular formula is C20H18ClNO3. The van der Waals surface area contributed by atoms with E-state index in [1.54, 1.807) is 42.5 Å². The molecule has 0 spiro atoms. The Morgan fingerprint density at radius 3 is 2.28 bits per heavy atom. The van der Waals surface area contributed by atoms with Crippen LogP contribution in [0, 0.1) is 6.92 Å². The summed E-state index contributed by atoms with van der Waals surface area (Å²) in [7, 11) is 0. The molecule has 5 heteroatoms. The van der Waals surface area contributed by atoms with Crippen molar-refractivity contribution in [3.8, 4) is 5.75 Å². The molecule has 25 heavy (non-hydrogen) atoms. The van der Waals surface area contributed by atoms with Crippen LogP contribution < -0.4 is 9.64 Å². The van der Waals surface area contributed by atoms with Gasteiger partial charge >= 0.3 is 0 Å². The second kappa shape index (κ2) is 6.73. The maximum atomic E-state index is 12.8. The molecule has 3 rings (SSSR count). The molecule has 0 N–H and O–H groups in total. The second-order valence-electron chi connectivity index (χ2n) is 6.16. The van der Waals surface area contributed by atoms with E-state index in [2.05, 4.69) is 0 Å². The third-order valence-corrected chi connectivity index (χ3v) is 4.15. The molecule has 2 amide bonds. The highest BCUT2D eigenvalue weighted by Gasteiger charge is 2.39. The molecule has 1 heterocycles. The van der Waals surface area contributed by atoms with E-state index >= 15 is 0 Å². The minimum Gasteiger partial charge on any atom is -0.491 e. The van der Waals surface area contributed by atoms with Crippen molar-refractivity contribution in [2.45, 2.75) is 26.9 Å². The fourth-order valence-electron chi connectivity index (χ4n) is 2.73. The van der Waals surface area contributed by atoms with Crippen molar-refractivity contribution in [3.63, 3.8) is 0 Å². The van der Waals surface area contributed by atoms with Crippen LogP contribution in [0.15, 0.2) is 53.6 Å². The molecule has 0 atom stereocenters. The average molecular weight is 356 g/mol. The first-order valence-corrected chi connectivity index (χ1v) is 8.38. The zero-order valence-electron chi connectivity index (χ0n) is 14.2. The largest absolute Gasteiger partial charge is 0.491 e. The lowest BCUT2D eigenvalue weighted by Gasteiger charge is -2.15. The van der Waals surface area contributed by atoms with Crippen molar-refractivity contribution in [1.29, 1.82) is 0 Å². The predicted octanol–water partition coefficient (Wildman–Crippen LogP) is 4.31. The number of benzene rings is 2. The lowest BCUT2D eigenvalue weighted by molar-refractivity contribution is -0.119. The van der Waals surface area contributed by atoms with Crippen molar-refractivity contribution in [1.82, 2.24) is 0 Å². The Morgan fingerprint density at radius 1 is 1.00 bits per heavy atom. The van der Waals surface area contributed by atoms with Gasteiger partial charge < -0.3 is 4.74 Å². The van der Waals surface area contributed by atoms with E-state index in [0.29, 0.717) is 17.0 Å². The number of carbonyl (C=O) groups is 2. The van der Waals surface area contributed by atoms with Gasteiger partial charge in [-0.2, -0.15) is 0 Å². The lowest BCUT2D eigenvalue weighted by Crippen LogP contribution is -2.31. The van der Waals surface area contributed by atoms with Crippen LogP contribution in [0.1, 0.15) is 25.0 Å². The molecule has 0 fully saturated rings. The quantitative estimate of drug-likeness (QED) is 0.768. The first-order valence-electron chi connectivity index (χ1n) is 8.01. The van der Waals surface area contributed by atoms with E-state index < -0.39 is 11.8 Å². The molecule has 0 unspecified atom stereocenters. The Labute approximate surface area is 151 Å². The number of amides is 2. The van der Waals surface area contributed by atoms with Crippen LogP contribution in [-0.4, -0.2) is 17.9 Å². The van der Waals surface area contributed by atoms with Gasteiger partial charge in [0.15, 0.2) is 0 Å². The van der Waals surface area contributed by atoms with Gasteiger partial charge in [0.25, 0.3) is 11.8 Å². The molecule has 1 aliphatic rings. The Kier molecular flexibility index (Phi) is 4.64. The Hall–Kier alpha value is -2.59. The number of halogens is 1. The van der Waals surface area contributed by atoms with Crippen LogP contribution in [0.4, 0.5) is 5.69 Å². The molecule has 0 saturated heterocycles. The maximum absolute atomic E-state index is 12.8. The zero-order chi connectivity index (χ0) is 18.1. The number of hydrogen-bond acceptors (Lipinski definition) is 3. The summed E-state index contributed by atoms with van der Waals surface area (Å²) in [4.78, 5) is 26.5. The first-order chi connectivity index (χ1) is 11.9. The van der Waals surface area contributed by atoms with Crippen molar-refractivity contribution in [2.75, 3.05) is 4.90 Å². The molecule has 2 aromatic rings. The number of aryl methyl sites for hydroxylation is 1. The van der Waals surface area contributed by atoms with E-state index in [-0.39, 0.29) is 16.7 Å². The SMILES string of the molecule is Cc1cccc(N2C(=O)C(Cl)=C(c3ccc(OC(C)C)cc3)C2=O)c1. The van der Waals surface area contributed by atoms with Crippen LogP contribution in [0.25, 0.3) is 5.57 Å². The normalized spacial score (nSPS) is 14.7. The lowest BCUT2D eigenvalue weighted by atomic mass is 10.1. The maximum Gasteiger partial charge on any atom is 0.277 e. The van der Waals surface area contributed by atoms with Crippen molar-refractivity contribution in [3.05, 3.63) is 64.7 Å². The Bertz CT molecular complexity index is 869. The minimum absolute atomic E-state index is 0.0557. The minimum atomic E-state index is -0.505. The monoisotopic (exact) mass is 355 g/mol. The highest BCUT2D eigenvalue weighted by molar-refractivity contribution is 6.60. The highest BCUT2D eigenvalue weighted by Crippen LogP contribution is 2.35. The third kappa shape index (κ3) is 3.30. The molecule has 0 bridgehead atoms. The summed E-state index contributed by atoms with van der Waals surface area (Å²) in [6.07, 6.45) is 0.0557. The Morgan fingerprint density at radius 2 is 1.68 bits per heavy atom. The van der Waals surface area contributed by atoms with Crippen LogP contribution in [-0.2, 0) is 9.59 Å². The van der Waals surface area contributed by atoms with Crippen molar-refractivity contribution >= 4 is 34.7 Å². The van der Waals surface area contributed by atoms with Crippen molar-refractivity contribution < 1.29 is 14.3 Å². The summed E-state index contributed by atoms with van der Waals surface area (Å²) in [6.45, 7) is 5.77. The summed E-state index contributed by atoms with van der Waals surface area (Å²) < 4.78 is 5.60. The molecule has 0 aromatic heterocycles. The molecular weight excluding hydrogens is 338 g/mol. The summed E-state index contributed by atoms with van der Waals surface area (Å²) in [5.74, 6) is -0.226. The van der Waals surface area contributed by atoms with Crippen LogP contribution in [0.2, 0.25) is 0 Å². The van der Waals surface area contributed by atoms with E-state index in [1.807, 2.05) is 26.8 Å². The topological polar surface area (TPSA) is 46.6 Å². The van der Waals surface area contributed by atoms with E-state index in [1.165, 1.54) is 0 Å². The van der Waals surface area contributed by atoms with Gasteiger partial charge in [-0.25, -0.2) is 4.90 Å². The predicted molar refractivity (Wildman–Crippen MR) is 98.7 cm³/mol. The molecule has 0 aliphatic carbocycles. The van der Waals surface area contributed by atoms with E-state index in [0.717, 1.165) is 10.5 Å². The van der Waals surface area contributed by atoms with Crippen LogP contribution in [0.5, 0.6) is 5.75 Å². The van der Waals surface area contributed by atoms with Gasteiger partial charge in [-0.15, -0.1) is 0 Å². The smallest absolute Gasteiger partial charge is 0.277 e. The molecule has 0 radical (unpaired) electrons. The Balaban J connectivity index is 1.94. The first kappa shape index (κ1) is 17.2. The zero-order valence-corrected chi connectivity index (χ0v) is 15.0. The third-order valence-electron chi connectivity index (χ3n) is 3.80. The van der Waals surface area contributed by atoms with Crippen LogP contribution >= 0.6 is 11.6 Å². The summed E-state index contributed by atoms with van der Waals surface area (Å²) in [6, 6.07) is 14.2. The molecule has 128 valence electrons. The van der Waals surface area contributed by atoms with Gasteiger partial charge in [0.2, 0.25) is 0 Å². The van der Waals surface area contributed by atoms with Crippen LogP contribution in [0.3, 0.4) is 0 Å². The summed E-state index contributed by atoms with van der Waals surface area (Å²) in [5.41, 5.74) is 2.28. The van der Waals surface area contributed by atoms with Gasteiger partial charge in [-0.3, -0.25) is 9.59 Å². The van der Waals surface area contributed by atoms with E-state index in [9.17, 15) is 9.59 Å². The number of rotatable bonds is 4. The molecule has 4 nitrogen and oxygen atoms in total. The van der Waals surface area contributed by atoms with Gasteiger partial charge in [-0.05, 0) is 56.2 Å². The number of anilines is 1. The standard InChI is InChI=1S/C20H18ClNO3/c1-12(2)25-16-9-7-14(8-10-16)17-18(21)20(24)22(19(17)23)15-6-4-5-13(3)11-15/h4-12H,1-3H3. The molecule has 0 saturated carbocycles. The number of ether oxygens (including phenoxy) is 1. The summed E-state index contributed by atoms with van der Waals surface area (Å²) in [5, 5.41) is -0.0657. The van der Waals surface area contributed by atoms with Gasteiger partial charge in [0.05, 0.1) is 17.4 Å². The number of hydrogen-bond donors (Lipinski definition) is 0. The van der Waals surface area contributed by atoms with Gasteiger partial charge in [-0.1, -0.05) is 35.9 Å². The summed E-state index contributed by atoms with van der Waals surface area (Å²) >= 11 is 6.20.